The standard InChI is InChI=1S/C13H17N5O2S/c1-21(19,20)18-4-2-3-10(9-18)12-7-15-13(8-14-12)11-5-16-17-6-11/h5-8,10H,2-4,9H2,1H3,(H,16,17)/t10-/m1/s1. The Balaban J connectivity index is 1.78. The van der Waals surface area contributed by atoms with Gasteiger partial charge in [-0.05, 0) is 12.8 Å². The summed E-state index contributed by atoms with van der Waals surface area (Å²) in [6, 6.07) is 0. The van der Waals surface area contributed by atoms with E-state index in [4.69, 9.17) is 0 Å². The monoisotopic (exact) mass is 307 g/mol. The van der Waals surface area contributed by atoms with Crippen molar-refractivity contribution in [1.29, 1.82) is 0 Å². The molecule has 1 atom stereocenters. The third kappa shape index (κ3) is 3.11. The van der Waals surface area contributed by atoms with Gasteiger partial charge in [0.25, 0.3) is 0 Å². The third-order valence-corrected chi connectivity index (χ3v) is 5.01. The van der Waals surface area contributed by atoms with Crippen molar-refractivity contribution in [2.75, 3.05) is 19.3 Å². The Morgan fingerprint density at radius 3 is 2.76 bits per heavy atom. The summed E-state index contributed by atoms with van der Waals surface area (Å²) < 4.78 is 24.8. The van der Waals surface area contributed by atoms with E-state index in [-0.39, 0.29) is 5.92 Å². The van der Waals surface area contributed by atoms with Gasteiger partial charge in [-0.25, -0.2) is 12.7 Å². The molecular weight excluding hydrogens is 290 g/mol. The molecule has 1 N–H and O–H groups in total. The molecular formula is C13H17N5O2S. The molecule has 0 unspecified atom stereocenters. The fraction of sp³-hybridized carbons (Fsp3) is 0.462. The number of hydrogen-bond donors (Lipinski definition) is 1. The van der Waals surface area contributed by atoms with Crippen LogP contribution < -0.4 is 0 Å². The quantitative estimate of drug-likeness (QED) is 0.913. The smallest absolute Gasteiger partial charge is 0.211 e. The minimum absolute atomic E-state index is 0.111. The van der Waals surface area contributed by atoms with Crippen molar-refractivity contribution in [1.82, 2.24) is 24.5 Å². The lowest BCUT2D eigenvalue weighted by molar-refractivity contribution is 0.314. The molecule has 0 bridgehead atoms. The summed E-state index contributed by atoms with van der Waals surface area (Å²) in [6.07, 6.45) is 9.93. The van der Waals surface area contributed by atoms with Gasteiger partial charge in [0, 0.05) is 37.0 Å². The predicted octanol–water partition coefficient (Wildman–Crippen LogP) is 1.01. The topological polar surface area (TPSA) is 91.8 Å². The fourth-order valence-corrected chi connectivity index (χ4v) is 3.49. The van der Waals surface area contributed by atoms with Crippen molar-refractivity contribution in [2.45, 2.75) is 18.8 Å². The predicted molar refractivity (Wildman–Crippen MR) is 78.0 cm³/mol. The van der Waals surface area contributed by atoms with Gasteiger partial charge in [-0.2, -0.15) is 5.10 Å². The van der Waals surface area contributed by atoms with E-state index in [9.17, 15) is 8.42 Å². The highest BCUT2D eigenvalue weighted by atomic mass is 32.2. The average Bonchev–Trinajstić information content (AvgIpc) is 3.01. The summed E-state index contributed by atoms with van der Waals surface area (Å²) in [6.45, 7) is 1.08. The minimum Gasteiger partial charge on any atom is -0.285 e. The third-order valence-electron chi connectivity index (χ3n) is 3.74. The molecule has 1 saturated heterocycles. The number of aromatic nitrogens is 4. The highest BCUT2D eigenvalue weighted by molar-refractivity contribution is 7.88. The number of H-pyrrole nitrogens is 1. The summed E-state index contributed by atoms with van der Waals surface area (Å²) >= 11 is 0. The van der Waals surface area contributed by atoms with Gasteiger partial charge >= 0.3 is 0 Å². The lowest BCUT2D eigenvalue weighted by atomic mass is 9.96. The molecule has 0 saturated carbocycles. The lowest BCUT2D eigenvalue weighted by Crippen LogP contribution is -2.38. The summed E-state index contributed by atoms with van der Waals surface area (Å²) in [5.41, 5.74) is 2.48. The Morgan fingerprint density at radius 1 is 1.29 bits per heavy atom. The Hall–Kier alpha value is -1.80. The maximum atomic E-state index is 11.7. The van der Waals surface area contributed by atoms with Crippen molar-refractivity contribution in [3.63, 3.8) is 0 Å². The van der Waals surface area contributed by atoms with Crippen molar-refractivity contribution in [2.24, 2.45) is 0 Å². The van der Waals surface area contributed by atoms with Gasteiger partial charge in [0.15, 0.2) is 0 Å². The molecule has 2 aromatic heterocycles. The van der Waals surface area contributed by atoms with E-state index in [0.717, 1.165) is 29.8 Å². The Kier molecular flexibility index (Phi) is 3.73. The SMILES string of the molecule is CS(=O)(=O)N1CCC[C@@H](c2cnc(-c3cn[nH]c3)cn2)C1. The van der Waals surface area contributed by atoms with Gasteiger partial charge in [-0.1, -0.05) is 0 Å². The zero-order valence-electron chi connectivity index (χ0n) is 11.7. The van der Waals surface area contributed by atoms with Crippen LogP contribution in [0.2, 0.25) is 0 Å². The molecule has 0 spiro atoms. The highest BCUT2D eigenvalue weighted by Crippen LogP contribution is 2.27. The van der Waals surface area contributed by atoms with E-state index in [0.29, 0.717) is 13.1 Å². The average molecular weight is 307 g/mol. The largest absolute Gasteiger partial charge is 0.285 e. The second-order valence-electron chi connectivity index (χ2n) is 5.27. The Labute approximate surface area is 123 Å². The van der Waals surface area contributed by atoms with Gasteiger partial charge in [0.2, 0.25) is 10.0 Å². The molecule has 8 heteroatoms. The van der Waals surface area contributed by atoms with Crippen molar-refractivity contribution >= 4 is 10.0 Å². The molecule has 3 rings (SSSR count). The first-order valence-corrected chi connectivity index (χ1v) is 8.65. The van der Waals surface area contributed by atoms with Gasteiger partial charge in [-0.3, -0.25) is 15.1 Å². The molecule has 2 aromatic rings. The van der Waals surface area contributed by atoms with Crippen LogP contribution >= 0.6 is 0 Å². The number of hydrogen-bond acceptors (Lipinski definition) is 5. The first-order chi connectivity index (χ1) is 10.0. The molecule has 1 aliphatic heterocycles. The molecule has 0 radical (unpaired) electrons. The van der Waals surface area contributed by atoms with Gasteiger partial charge < -0.3 is 0 Å². The van der Waals surface area contributed by atoms with Crippen molar-refractivity contribution < 1.29 is 8.42 Å². The van der Waals surface area contributed by atoms with Crippen LogP contribution in [0.5, 0.6) is 0 Å². The number of sulfonamides is 1. The molecule has 1 fully saturated rings. The molecule has 0 aromatic carbocycles. The molecule has 3 heterocycles. The van der Waals surface area contributed by atoms with Crippen LogP contribution in [-0.4, -0.2) is 52.2 Å². The molecule has 21 heavy (non-hydrogen) atoms. The number of nitrogens with one attached hydrogen (secondary N) is 1. The summed E-state index contributed by atoms with van der Waals surface area (Å²) in [5, 5.41) is 6.62. The molecule has 1 aliphatic rings. The van der Waals surface area contributed by atoms with E-state index in [1.807, 2.05) is 0 Å². The molecule has 7 nitrogen and oxygen atoms in total. The Morgan fingerprint density at radius 2 is 2.14 bits per heavy atom. The number of aromatic amines is 1. The summed E-state index contributed by atoms with van der Waals surface area (Å²) in [7, 11) is -3.14. The second-order valence-corrected chi connectivity index (χ2v) is 7.26. The van der Waals surface area contributed by atoms with Crippen LogP contribution in [-0.2, 0) is 10.0 Å². The number of nitrogens with zero attached hydrogens (tertiary/aromatic N) is 4. The van der Waals surface area contributed by atoms with Crippen LogP contribution in [0.4, 0.5) is 0 Å². The maximum absolute atomic E-state index is 11.7. The first-order valence-electron chi connectivity index (χ1n) is 6.80. The van der Waals surface area contributed by atoms with Gasteiger partial charge in [0.05, 0.1) is 30.0 Å². The zero-order chi connectivity index (χ0) is 14.9. The molecule has 0 amide bonds. The van der Waals surface area contributed by atoms with E-state index in [1.54, 1.807) is 24.8 Å². The first kappa shape index (κ1) is 14.2. The second kappa shape index (κ2) is 5.53. The van der Waals surface area contributed by atoms with Gasteiger partial charge in [0.1, 0.15) is 0 Å². The summed E-state index contributed by atoms with van der Waals surface area (Å²) in [4.78, 5) is 8.84. The Bertz CT molecular complexity index is 697. The lowest BCUT2D eigenvalue weighted by Gasteiger charge is -2.30. The molecule has 0 aliphatic carbocycles. The molecule has 112 valence electrons. The van der Waals surface area contributed by atoms with E-state index < -0.39 is 10.0 Å². The van der Waals surface area contributed by atoms with Crippen LogP contribution in [0, 0.1) is 0 Å². The van der Waals surface area contributed by atoms with Crippen LogP contribution in [0.3, 0.4) is 0 Å². The van der Waals surface area contributed by atoms with Crippen molar-refractivity contribution in [3.05, 3.63) is 30.5 Å². The number of rotatable bonds is 3. The summed E-state index contributed by atoms with van der Waals surface area (Å²) in [5.74, 6) is 0.111. The minimum atomic E-state index is -3.14. The van der Waals surface area contributed by atoms with Gasteiger partial charge in [-0.15, -0.1) is 0 Å². The van der Waals surface area contributed by atoms with E-state index >= 15 is 0 Å². The van der Waals surface area contributed by atoms with Crippen LogP contribution in [0.15, 0.2) is 24.8 Å². The zero-order valence-corrected chi connectivity index (χ0v) is 12.5. The van der Waals surface area contributed by atoms with Crippen LogP contribution in [0.25, 0.3) is 11.3 Å². The fourth-order valence-electron chi connectivity index (χ4n) is 2.57. The normalized spacial score (nSPS) is 20.5. The van der Waals surface area contributed by atoms with E-state index in [1.165, 1.54) is 10.6 Å². The van der Waals surface area contributed by atoms with E-state index in [2.05, 4.69) is 20.2 Å². The number of piperidine rings is 1. The highest BCUT2D eigenvalue weighted by Gasteiger charge is 2.27. The van der Waals surface area contributed by atoms with Crippen molar-refractivity contribution in [3.8, 4) is 11.3 Å². The maximum Gasteiger partial charge on any atom is 0.211 e. The van der Waals surface area contributed by atoms with Crippen LogP contribution in [0.1, 0.15) is 24.5 Å².